The van der Waals surface area contributed by atoms with Crippen molar-refractivity contribution in [3.8, 4) is 5.75 Å². The van der Waals surface area contributed by atoms with Crippen LogP contribution in [0, 0.1) is 0 Å². The van der Waals surface area contributed by atoms with E-state index in [9.17, 15) is 17.8 Å². The van der Waals surface area contributed by atoms with Gasteiger partial charge >= 0.3 is 0 Å². The van der Waals surface area contributed by atoms with Crippen LogP contribution in [-0.2, 0) is 10.1 Å². The fourth-order valence-electron chi connectivity index (χ4n) is 0.962. The summed E-state index contributed by atoms with van der Waals surface area (Å²) in [6, 6.07) is 3.60. The van der Waals surface area contributed by atoms with Crippen molar-refractivity contribution in [2.45, 2.75) is 4.90 Å². The third-order valence-electron chi connectivity index (χ3n) is 1.59. The maximum absolute atomic E-state index is 10.7. The van der Waals surface area contributed by atoms with Gasteiger partial charge in [0.05, 0.1) is 12.0 Å². The van der Waals surface area contributed by atoms with Crippen molar-refractivity contribution in [3.63, 3.8) is 0 Å². The molecule has 0 aliphatic carbocycles. The summed E-state index contributed by atoms with van der Waals surface area (Å²) in [5, 5.41) is 0. The molecule has 0 N–H and O–H groups in total. The van der Waals surface area contributed by atoms with Crippen LogP contribution in [0.3, 0.4) is 0 Å². The molecule has 77 valence electrons. The Balaban J connectivity index is 0.00000196. The van der Waals surface area contributed by atoms with Gasteiger partial charge in [0.15, 0.2) is 0 Å². The van der Waals surface area contributed by atoms with E-state index in [-0.39, 0.29) is 40.9 Å². The van der Waals surface area contributed by atoms with Crippen LogP contribution in [0.2, 0.25) is 0 Å². The average Bonchev–Trinajstić information content (AvgIpc) is 2.15. The summed E-state index contributed by atoms with van der Waals surface area (Å²) < 4.78 is 36.9. The molecule has 0 saturated carbocycles. The van der Waals surface area contributed by atoms with Crippen LogP contribution in [-0.4, -0.2) is 55.9 Å². The van der Waals surface area contributed by atoms with Gasteiger partial charge in [0.2, 0.25) is 0 Å². The molecule has 0 saturated heterocycles. The Morgan fingerprint density at radius 3 is 2.40 bits per heavy atom. The summed E-state index contributed by atoms with van der Waals surface area (Å²) >= 11 is 0. The Kier molecular flexibility index (Phi) is 5.47. The standard InChI is InChI=1S/C8H8O5S.Na/c1-13-7-3-2-6(5-9)4-8(7)14(10,11)12;/h2-5H,1H3,(H,10,11,12);/p-1. The zero-order valence-electron chi connectivity index (χ0n) is 8.26. The zero-order chi connectivity index (χ0) is 10.8. The number of methoxy groups -OCH3 is 1. The minimum atomic E-state index is -4.61. The molecule has 0 spiro atoms. The van der Waals surface area contributed by atoms with E-state index < -0.39 is 15.0 Å². The minimum absolute atomic E-state index is 0. The van der Waals surface area contributed by atoms with E-state index in [1.54, 1.807) is 0 Å². The van der Waals surface area contributed by atoms with Crippen molar-refractivity contribution in [1.29, 1.82) is 0 Å². The van der Waals surface area contributed by atoms with E-state index in [4.69, 9.17) is 0 Å². The monoisotopic (exact) mass is 238 g/mol. The van der Waals surface area contributed by atoms with Crippen LogP contribution < -0.4 is 4.74 Å². The molecule has 1 radical (unpaired) electrons. The number of carbonyl (C=O) groups is 1. The second-order valence-corrected chi connectivity index (χ2v) is 3.83. The first-order valence-electron chi connectivity index (χ1n) is 3.58. The van der Waals surface area contributed by atoms with E-state index in [0.717, 1.165) is 6.07 Å². The number of aldehydes is 1. The topological polar surface area (TPSA) is 83.5 Å². The Morgan fingerprint density at radius 2 is 2.00 bits per heavy atom. The number of carbonyl (C=O) groups excluding carboxylic acids is 1. The second kappa shape index (κ2) is 5.62. The molecule has 5 nitrogen and oxygen atoms in total. The zero-order valence-corrected chi connectivity index (χ0v) is 11.1. The predicted octanol–water partition coefficient (Wildman–Crippen LogP) is 0.0310. The largest absolute Gasteiger partial charge is 0.744 e. The van der Waals surface area contributed by atoms with Gasteiger partial charge in [-0.1, -0.05) is 0 Å². The van der Waals surface area contributed by atoms with E-state index in [0.29, 0.717) is 6.29 Å². The van der Waals surface area contributed by atoms with Gasteiger partial charge in [0.1, 0.15) is 22.2 Å². The summed E-state index contributed by atoms with van der Waals surface area (Å²) in [6.45, 7) is 0. The third kappa shape index (κ3) is 3.58. The van der Waals surface area contributed by atoms with E-state index >= 15 is 0 Å². The molecule has 0 bridgehead atoms. The number of rotatable bonds is 3. The molecule has 1 rings (SSSR count). The Morgan fingerprint density at radius 1 is 1.40 bits per heavy atom. The molecular weight excluding hydrogens is 231 g/mol. The Labute approximate surface area is 109 Å². The van der Waals surface area contributed by atoms with Gasteiger partial charge in [-0.25, -0.2) is 8.42 Å². The molecule has 0 aromatic heterocycles. The minimum Gasteiger partial charge on any atom is -0.744 e. The van der Waals surface area contributed by atoms with Gasteiger partial charge in [0, 0.05) is 35.1 Å². The number of benzene rings is 1. The van der Waals surface area contributed by atoms with Crippen molar-refractivity contribution in [1.82, 2.24) is 0 Å². The van der Waals surface area contributed by atoms with Crippen LogP contribution >= 0.6 is 0 Å². The average molecular weight is 238 g/mol. The first-order valence-corrected chi connectivity index (χ1v) is 4.99. The first kappa shape index (κ1) is 14.6. The molecule has 0 amide bonds. The molecule has 0 atom stereocenters. The molecule has 7 heteroatoms. The summed E-state index contributed by atoms with van der Waals surface area (Å²) in [5.41, 5.74) is 0.111. The van der Waals surface area contributed by atoms with Crippen molar-refractivity contribution in [2.75, 3.05) is 7.11 Å². The summed E-state index contributed by atoms with van der Waals surface area (Å²) in [5.74, 6) is -0.0643. The molecule has 1 aromatic rings. The molecule has 0 aliphatic heterocycles. The third-order valence-corrected chi connectivity index (χ3v) is 2.45. The van der Waals surface area contributed by atoms with Crippen LogP contribution in [0.4, 0.5) is 0 Å². The second-order valence-electron chi connectivity index (χ2n) is 2.48. The molecule has 0 fully saturated rings. The fraction of sp³-hybridized carbons (Fsp3) is 0.125. The van der Waals surface area contributed by atoms with Crippen molar-refractivity contribution >= 4 is 46.0 Å². The van der Waals surface area contributed by atoms with Crippen LogP contribution in [0.1, 0.15) is 10.4 Å². The maximum atomic E-state index is 10.7. The van der Waals surface area contributed by atoms with Gasteiger partial charge < -0.3 is 9.29 Å². The van der Waals surface area contributed by atoms with Gasteiger partial charge in [0.25, 0.3) is 0 Å². The molecule has 1 aromatic carbocycles. The molecule has 15 heavy (non-hydrogen) atoms. The molecular formula is C8H7NaO5S-. The van der Waals surface area contributed by atoms with Crippen LogP contribution in [0.25, 0.3) is 0 Å². The van der Waals surface area contributed by atoms with E-state index in [1.165, 1.54) is 19.2 Å². The summed E-state index contributed by atoms with van der Waals surface area (Å²) in [6.07, 6.45) is 0.453. The number of hydrogen-bond acceptors (Lipinski definition) is 5. The van der Waals surface area contributed by atoms with Crippen LogP contribution in [0.5, 0.6) is 5.75 Å². The molecule has 0 aliphatic rings. The number of hydrogen-bond donors (Lipinski definition) is 0. The smallest absolute Gasteiger partial charge is 0.150 e. The SMILES string of the molecule is COc1ccc(C=O)cc1S(=O)(=O)[O-].[Na]. The van der Waals surface area contributed by atoms with Gasteiger partial charge in [-0.3, -0.25) is 4.79 Å². The molecule has 0 heterocycles. The van der Waals surface area contributed by atoms with Gasteiger partial charge in [-0.05, 0) is 18.2 Å². The maximum Gasteiger partial charge on any atom is 0.150 e. The van der Waals surface area contributed by atoms with Crippen LogP contribution in [0.15, 0.2) is 23.1 Å². The van der Waals surface area contributed by atoms with Crippen molar-refractivity contribution < 1.29 is 22.5 Å². The first-order chi connectivity index (χ1) is 6.49. The molecule has 0 unspecified atom stereocenters. The predicted molar refractivity (Wildman–Crippen MR) is 52.1 cm³/mol. The van der Waals surface area contributed by atoms with E-state index in [1.807, 2.05) is 0 Å². The summed E-state index contributed by atoms with van der Waals surface area (Å²) in [7, 11) is -3.37. The van der Waals surface area contributed by atoms with Crippen molar-refractivity contribution in [3.05, 3.63) is 23.8 Å². The number of ether oxygens (including phenoxy) is 1. The quantitative estimate of drug-likeness (QED) is 0.421. The van der Waals surface area contributed by atoms with Crippen molar-refractivity contribution in [2.24, 2.45) is 0 Å². The Hall–Kier alpha value is -0.400. The van der Waals surface area contributed by atoms with Gasteiger partial charge in [-0.2, -0.15) is 0 Å². The Bertz CT molecular complexity index is 454. The fourth-order valence-corrected chi connectivity index (χ4v) is 1.64. The van der Waals surface area contributed by atoms with Gasteiger partial charge in [-0.15, -0.1) is 0 Å². The normalized spacial score (nSPS) is 10.3. The van der Waals surface area contributed by atoms with E-state index in [2.05, 4.69) is 4.74 Å². The summed E-state index contributed by atoms with van der Waals surface area (Å²) in [4.78, 5) is 9.82.